The SMILES string of the molecule is COc1ccc2c(c1)C(c1ccccc1)=C(C(=O)NC(=O)Cc1cccc(F)c1)N(C)C2. The first kappa shape index (κ1) is 21.3. The third kappa shape index (κ3) is 4.39. The molecule has 4 rings (SSSR count). The van der Waals surface area contributed by atoms with Crippen molar-refractivity contribution in [2.75, 3.05) is 14.2 Å². The molecule has 3 aromatic rings. The van der Waals surface area contributed by atoms with Crippen molar-refractivity contribution >= 4 is 17.4 Å². The zero-order valence-electron chi connectivity index (χ0n) is 17.9. The molecule has 0 bridgehead atoms. The van der Waals surface area contributed by atoms with E-state index in [4.69, 9.17) is 4.74 Å². The summed E-state index contributed by atoms with van der Waals surface area (Å²) in [6, 6.07) is 21.1. The minimum atomic E-state index is -0.499. The summed E-state index contributed by atoms with van der Waals surface area (Å²) in [6.07, 6.45) is -0.0917. The van der Waals surface area contributed by atoms with Crippen molar-refractivity contribution < 1.29 is 18.7 Å². The number of methoxy groups -OCH3 is 1. The highest BCUT2D eigenvalue weighted by molar-refractivity contribution is 6.11. The number of nitrogens with zero attached hydrogens (tertiary/aromatic N) is 1. The Hall–Kier alpha value is -3.93. The number of ether oxygens (including phenoxy) is 1. The molecule has 0 fully saturated rings. The van der Waals surface area contributed by atoms with Gasteiger partial charge >= 0.3 is 0 Å². The zero-order valence-corrected chi connectivity index (χ0v) is 17.9. The maximum Gasteiger partial charge on any atom is 0.274 e. The van der Waals surface area contributed by atoms with E-state index in [0.717, 1.165) is 22.3 Å². The molecule has 3 aromatic carbocycles. The lowest BCUT2D eigenvalue weighted by atomic mass is 9.88. The molecule has 0 aromatic heterocycles. The van der Waals surface area contributed by atoms with Gasteiger partial charge in [0.2, 0.25) is 5.91 Å². The van der Waals surface area contributed by atoms with Gasteiger partial charge in [-0.25, -0.2) is 4.39 Å². The Balaban J connectivity index is 1.73. The average Bonchev–Trinajstić information content (AvgIpc) is 2.78. The fourth-order valence-corrected chi connectivity index (χ4v) is 3.95. The van der Waals surface area contributed by atoms with Crippen LogP contribution >= 0.6 is 0 Å². The first-order valence-electron chi connectivity index (χ1n) is 10.2. The van der Waals surface area contributed by atoms with Gasteiger partial charge in [0.05, 0.1) is 13.5 Å². The number of benzene rings is 3. The van der Waals surface area contributed by atoms with E-state index in [1.54, 1.807) is 13.2 Å². The molecule has 2 amide bonds. The van der Waals surface area contributed by atoms with E-state index in [1.165, 1.54) is 18.2 Å². The number of imide groups is 1. The third-order valence-electron chi connectivity index (χ3n) is 5.40. The van der Waals surface area contributed by atoms with Crippen molar-refractivity contribution in [2.24, 2.45) is 0 Å². The van der Waals surface area contributed by atoms with E-state index < -0.39 is 17.6 Å². The molecule has 6 heteroatoms. The minimum absolute atomic E-state index is 0.0917. The number of likely N-dealkylation sites (N-methyl/N-ethyl adjacent to an activating group) is 1. The number of amides is 2. The van der Waals surface area contributed by atoms with Gasteiger partial charge in [-0.1, -0.05) is 48.5 Å². The maximum absolute atomic E-state index is 13.4. The van der Waals surface area contributed by atoms with Gasteiger partial charge in [-0.3, -0.25) is 14.9 Å². The van der Waals surface area contributed by atoms with Gasteiger partial charge < -0.3 is 9.64 Å². The van der Waals surface area contributed by atoms with Gasteiger partial charge in [-0.05, 0) is 46.5 Å². The fourth-order valence-electron chi connectivity index (χ4n) is 3.95. The fraction of sp³-hybridized carbons (Fsp3) is 0.154. The van der Waals surface area contributed by atoms with Crippen LogP contribution in [-0.4, -0.2) is 30.9 Å². The van der Waals surface area contributed by atoms with Crippen molar-refractivity contribution in [1.29, 1.82) is 0 Å². The highest BCUT2D eigenvalue weighted by Gasteiger charge is 2.29. The van der Waals surface area contributed by atoms with Crippen molar-refractivity contribution in [3.8, 4) is 5.75 Å². The van der Waals surface area contributed by atoms with Gasteiger partial charge in [0, 0.05) is 19.2 Å². The highest BCUT2D eigenvalue weighted by Crippen LogP contribution is 2.37. The van der Waals surface area contributed by atoms with Gasteiger partial charge in [0.15, 0.2) is 0 Å². The molecule has 0 radical (unpaired) electrons. The van der Waals surface area contributed by atoms with Gasteiger partial charge in [0.1, 0.15) is 17.3 Å². The molecular weight excluding hydrogens is 407 g/mol. The Morgan fingerprint density at radius 2 is 1.81 bits per heavy atom. The van der Waals surface area contributed by atoms with Crippen molar-refractivity contribution in [1.82, 2.24) is 10.2 Å². The Labute approximate surface area is 186 Å². The lowest BCUT2D eigenvalue weighted by Gasteiger charge is -2.32. The minimum Gasteiger partial charge on any atom is -0.497 e. The van der Waals surface area contributed by atoms with E-state index in [0.29, 0.717) is 23.6 Å². The molecule has 1 heterocycles. The third-order valence-corrected chi connectivity index (χ3v) is 5.40. The molecule has 0 unspecified atom stereocenters. The molecule has 1 aliphatic rings. The van der Waals surface area contributed by atoms with Crippen LogP contribution in [0.2, 0.25) is 0 Å². The lowest BCUT2D eigenvalue weighted by molar-refractivity contribution is -0.128. The van der Waals surface area contributed by atoms with Crippen LogP contribution in [-0.2, 0) is 22.6 Å². The number of carbonyl (C=O) groups excluding carboxylic acids is 2. The Morgan fingerprint density at radius 1 is 1.03 bits per heavy atom. The number of hydrogen-bond donors (Lipinski definition) is 1. The molecule has 1 aliphatic heterocycles. The van der Waals surface area contributed by atoms with Crippen LogP contribution in [0.15, 0.2) is 78.5 Å². The summed E-state index contributed by atoms with van der Waals surface area (Å²) in [5.74, 6) is -0.733. The van der Waals surface area contributed by atoms with Crippen LogP contribution in [0, 0.1) is 5.82 Å². The quantitative estimate of drug-likeness (QED) is 0.667. The summed E-state index contributed by atoms with van der Waals surface area (Å²) in [6.45, 7) is 0.510. The predicted octanol–water partition coefficient (Wildman–Crippen LogP) is 3.92. The summed E-state index contributed by atoms with van der Waals surface area (Å²) in [4.78, 5) is 27.7. The van der Waals surface area contributed by atoms with Crippen LogP contribution in [0.1, 0.15) is 22.3 Å². The van der Waals surface area contributed by atoms with Crippen LogP contribution in [0.4, 0.5) is 4.39 Å². The topological polar surface area (TPSA) is 58.6 Å². The number of rotatable bonds is 5. The smallest absolute Gasteiger partial charge is 0.274 e. The van der Waals surface area contributed by atoms with E-state index >= 15 is 0 Å². The van der Waals surface area contributed by atoms with Gasteiger partial charge in [-0.15, -0.1) is 0 Å². The zero-order chi connectivity index (χ0) is 22.7. The molecule has 0 aliphatic carbocycles. The summed E-state index contributed by atoms with van der Waals surface area (Å²) in [5, 5.41) is 2.48. The highest BCUT2D eigenvalue weighted by atomic mass is 19.1. The molecule has 5 nitrogen and oxygen atoms in total. The number of halogens is 1. The standard InChI is InChI=1S/C26H23FN2O3/c1-29-16-19-11-12-21(32-2)15-22(19)24(18-8-4-3-5-9-18)25(29)26(31)28-23(30)14-17-7-6-10-20(27)13-17/h3-13,15H,14,16H2,1-2H3,(H,28,30,31). The molecule has 1 N–H and O–H groups in total. The maximum atomic E-state index is 13.4. The van der Waals surface area contributed by atoms with E-state index in [9.17, 15) is 14.0 Å². The van der Waals surface area contributed by atoms with Crippen LogP contribution in [0.25, 0.3) is 5.57 Å². The van der Waals surface area contributed by atoms with Crippen LogP contribution in [0.5, 0.6) is 5.75 Å². The second kappa shape index (κ2) is 9.06. The molecule has 0 atom stereocenters. The summed E-state index contributed by atoms with van der Waals surface area (Å²) < 4.78 is 18.8. The summed E-state index contributed by atoms with van der Waals surface area (Å²) in [7, 11) is 3.42. The van der Waals surface area contributed by atoms with Crippen LogP contribution in [0.3, 0.4) is 0 Å². The molecular formula is C26H23FN2O3. The first-order valence-corrected chi connectivity index (χ1v) is 10.2. The second-order valence-corrected chi connectivity index (χ2v) is 7.65. The predicted molar refractivity (Wildman–Crippen MR) is 120 cm³/mol. The lowest BCUT2D eigenvalue weighted by Crippen LogP contribution is -2.39. The normalized spacial score (nSPS) is 12.9. The largest absolute Gasteiger partial charge is 0.497 e. The van der Waals surface area contributed by atoms with Crippen LogP contribution < -0.4 is 10.1 Å². The van der Waals surface area contributed by atoms with Gasteiger partial charge in [-0.2, -0.15) is 0 Å². The first-order chi connectivity index (χ1) is 15.5. The molecule has 0 saturated carbocycles. The number of nitrogens with one attached hydrogen (secondary N) is 1. The Morgan fingerprint density at radius 3 is 2.53 bits per heavy atom. The number of fused-ring (bicyclic) bond motifs is 1. The average molecular weight is 430 g/mol. The van der Waals surface area contributed by atoms with Crippen molar-refractivity contribution in [3.63, 3.8) is 0 Å². The second-order valence-electron chi connectivity index (χ2n) is 7.65. The van der Waals surface area contributed by atoms with E-state index in [-0.39, 0.29) is 6.42 Å². The molecule has 0 saturated heterocycles. The Bertz CT molecular complexity index is 1200. The summed E-state index contributed by atoms with van der Waals surface area (Å²) in [5.41, 5.74) is 4.41. The molecule has 32 heavy (non-hydrogen) atoms. The monoisotopic (exact) mass is 430 g/mol. The number of hydrogen-bond acceptors (Lipinski definition) is 4. The van der Waals surface area contributed by atoms with E-state index in [1.807, 2.05) is 60.5 Å². The van der Waals surface area contributed by atoms with Gasteiger partial charge in [0.25, 0.3) is 5.91 Å². The van der Waals surface area contributed by atoms with Crippen molar-refractivity contribution in [2.45, 2.75) is 13.0 Å². The Kier molecular flexibility index (Phi) is 6.03. The summed E-state index contributed by atoms with van der Waals surface area (Å²) >= 11 is 0. The number of carbonyl (C=O) groups is 2. The van der Waals surface area contributed by atoms with E-state index in [2.05, 4.69) is 5.32 Å². The molecule has 162 valence electrons. The molecule has 0 spiro atoms. The van der Waals surface area contributed by atoms with Crippen molar-refractivity contribution in [3.05, 3.63) is 107 Å².